The molecule has 3 amide bonds. The predicted octanol–water partition coefficient (Wildman–Crippen LogP) is 4.43. The third-order valence-electron chi connectivity index (χ3n) is 5.93. The highest BCUT2D eigenvalue weighted by Crippen LogP contribution is 2.19. The summed E-state index contributed by atoms with van der Waals surface area (Å²) in [6, 6.07) is 12.4. The van der Waals surface area contributed by atoms with E-state index in [9.17, 15) is 23.0 Å². The summed E-state index contributed by atoms with van der Waals surface area (Å²) >= 11 is 0. The molecule has 0 aliphatic rings. The van der Waals surface area contributed by atoms with Gasteiger partial charge in [0.1, 0.15) is 23.4 Å². The number of benzene rings is 2. The van der Waals surface area contributed by atoms with E-state index in [-0.39, 0.29) is 29.7 Å². The molecule has 0 saturated heterocycles. The molecule has 0 aliphatic heterocycles. The van der Waals surface area contributed by atoms with Crippen molar-refractivity contribution in [3.8, 4) is 0 Å². The summed E-state index contributed by atoms with van der Waals surface area (Å²) in [6.45, 7) is 10.2. The molecule has 9 heteroatoms. The maximum absolute atomic E-state index is 14.5. The lowest BCUT2D eigenvalue weighted by atomic mass is 10.00. The molecule has 0 radical (unpaired) electrons. The molecule has 2 aromatic rings. The molecule has 0 aliphatic carbocycles. The van der Waals surface area contributed by atoms with E-state index in [0.29, 0.717) is 24.6 Å². The van der Waals surface area contributed by atoms with Gasteiger partial charge in [0.2, 0.25) is 17.7 Å². The molecule has 0 spiro atoms. The van der Waals surface area contributed by atoms with Crippen molar-refractivity contribution in [3.63, 3.8) is 0 Å². The van der Waals surface area contributed by atoms with Crippen molar-refractivity contribution in [1.82, 2.24) is 10.2 Å². The molecule has 0 aromatic heterocycles. The Kier molecular flexibility index (Phi) is 12.6. The zero-order valence-electron chi connectivity index (χ0n) is 23.0. The van der Waals surface area contributed by atoms with Crippen molar-refractivity contribution in [2.45, 2.75) is 60.0 Å². The first-order valence-corrected chi connectivity index (χ1v) is 14.5. The Bertz CT molecular complexity index is 1110. The van der Waals surface area contributed by atoms with Crippen LogP contribution in [0.15, 0.2) is 48.5 Å². The lowest BCUT2D eigenvalue weighted by Gasteiger charge is -2.32. The largest absolute Gasteiger partial charge is 0.354 e. The van der Waals surface area contributed by atoms with E-state index in [1.807, 2.05) is 32.9 Å². The molecule has 0 heterocycles. The first-order valence-electron chi connectivity index (χ1n) is 13.0. The van der Waals surface area contributed by atoms with Crippen LogP contribution < -0.4 is 10.6 Å². The zero-order chi connectivity index (χ0) is 28.2. The van der Waals surface area contributed by atoms with Gasteiger partial charge in [-0.2, -0.15) is 0 Å². The Labute approximate surface area is 228 Å². The lowest BCUT2D eigenvalue weighted by molar-refractivity contribution is -0.140. The average Bonchev–Trinajstić information content (AvgIpc) is 2.83. The van der Waals surface area contributed by atoms with E-state index in [1.165, 1.54) is 11.0 Å². The summed E-state index contributed by atoms with van der Waals surface area (Å²) in [6.07, 6.45) is 1.13. The van der Waals surface area contributed by atoms with E-state index >= 15 is 0 Å². The number of carbonyl (C=O) groups excluding carboxylic acids is 3. The first-order chi connectivity index (χ1) is 18.0. The number of anilines is 1. The highest BCUT2D eigenvalue weighted by molar-refractivity contribution is 7.86. The summed E-state index contributed by atoms with van der Waals surface area (Å²) < 4.78 is 27.4. The predicted molar refractivity (Wildman–Crippen MR) is 150 cm³/mol. The molecular weight excluding hydrogens is 505 g/mol. The first kappa shape index (κ1) is 31.1. The van der Waals surface area contributed by atoms with Gasteiger partial charge in [-0.3, -0.25) is 18.6 Å². The SMILES string of the molecule is Cc1ccc(NC(=O)C[S@](=O)CC(=O)N(Cc2ccccc2F)[C@H](CC(C)C)C(=O)NCCC(C)C)cc1. The highest BCUT2D eigenvalue weighted by atomic mass is 32.2. The molecule has 38 heavy (non-hydrogen) atoms. The van der Waals surface area contributed by atoms with Gasteiger partial charge in [-0.1, -0.05) is 63.6 Å². The van der Waals surface area contributed by atoms with Crippen LogP contribution in [-0.4, -0.2) is 50.9 Å². The molecule has 0 saturated carbocycles. The minimum atomic E-state index is -1.82. The van der Waals surface area contributed by atoms with Crippen LogP contribution in [0.3, 0.4) is 0 Å². The van der Waals surface area contributed by atoms with Gasteiger partial charge < -0.3 is 15.5 Å². The van der Waals surface area contributed by atoms with Gasteiger partial charge in [-0.05, 0) is 49.8 Å². The van der Waals surface area contributed by atoms with Crippen LogP contribution in [0.5, 0.6) is 0 Å². The van der Waals surface area contributed by atoms with Gasteiger partial charge in [0.05, 0.1) is 0 Å². The van der Waals surface area contributed by atoms with Crippen molar-refractivity contribution in [1.29, 1.82) is 0 Å². The molecule has 2 aromatic carbocycles. The maximum atomic E-state index is 14.5. The van der Waals surface area contributed by atoms with E-state index in [2.05, 4.69) is 24.5 Å². The van der Waals surface area contributed by atoms with Crippen LogP contribution in [0.2, 0.25) is 0 Å². The fourth-order valence-corrected chi connectivity index (χ4v) is 4.77. The van der Waals surface area contributed by atoms with Gasteiger partial charge in [0.25, 0.3) is 0 Å². The smallest absolute Gasteiger partial charge is 0.242 e. The maximum Gasteiger partial charge on any atom is 0.242 e. The highest BCUT2D eigenvalue weighted by Gasteiger charge is 2.32. The zero-order valence-corrected chi connectivity index (χ0v) is 23.8. The summed E-state index contributed by atoms with van der Waals surface area (Å²) in [4.78, 5) is 40.4. The number of rotatable bonds is 14. The number of amides is 3. The monoisotopic (exact) mass is 545 g/mol. The van der Waals surface area contributed by atoms with Crippen molar-refractivity contribution >= 4 is 34.2 Å². The van der Waals surface area contributed by atoms with Gasteiger partial charge in [-0.25, -0.2) is 4.39 Å². The molecule has 0 bridgehead atoms. The Morgan fingerprint density at radius 1 is 0.947 bits per heavy atom. The number of aryl methyl sites for hydroxylation is 1. The lowest BCUT2D eigenvalue weighted by Crippen LogP contribution is -2.51. The summed E-state index contributed by atoms with van der Waals surface area (Å²) in [5.41, 5.74) is 1.86. The summed E-state index contributed by atoms with van der Waals surface area (Å²) in [5.74, 6) is -2.24. The fourth-order valence-electron chi connectivity index (χ4n) is 3.86. The van der Waals surface area contributed by atoms with E-state index in [1.54, 1.807) is 30.3 Å². The number of hydrogen-bond donors (Lipinski definition) is 2. The van der Waals surface area contributed by atoms with Crippen molar-refractivity contribution in [3.05, 3.63) is 65.5 Å². The van der Waals surface area contributed by atoms with E-state index < -0.39 is 40.2 Å². The Morgan fingerprint density at radius 2 is 1.61 bits per heavy atom. The van der Waals surface area contributed by atoms with Gasteiger partial charge in [0, 0.05) is 35.1 Å². The van der Waals surface area contributed by atoms with E-state index in [4.69, 9.17) is 0 Å². The summed E-state index contributed by atoms with van der Waals surface area (Å²) in [5, 5.41) is 5.58. The molecule has 208 valence electrons. The van der Waals surface area contributed by atoms with Crippen LogP contribution in [0.1, 0.15) is 51.7 Å². The molecule has 0 fully saturated rings. The van der Waals surface area contributed by atoms with Crippen molar-refractivity contribution < 1.29 is 23.0 Å². The van der Waals surface area contributed by atoms with Gasteiger partial charge in [-0.15, -0.1) is 0 Å². The van der Waals surface area contributed by atoms with Crippen molar-refractivity contribution in [2.24, 2.45) is 11.8 Å². The molecule has 7 nitrogen and oxygen atoms in total. The van der Waals surface area contributed by atoms with Crippen LogP contribution in [-0.2, 0) is 31.7 Å². The molecule has 2 rings (SSSR count). The van der Waals surface area contributed by atoms with Gasteiger partial charge >= 0.3 is 0 Å². The van der Waals surface area contributed by atoms with Crippen LogP contribution in [0.4, 0.5) is 10.1 Å². The second-order valence-corrected chi connectivity index (χ2v) is 11.8. The standard InChI is InChI=1S/C29H40FN3O4S/c1-20(2)14-15-31-29(36)26(16-21(3)4)33(17-23-8-6-7-9-25(23)30)28(35)19-38(37)18-27(34)32-24-12-10-22(5)11-13-24/h6-13,20-21,26H,14-19H2,1-5H3,(H,31,36)(H,32,34)/t26-,38+/m1/s1. The molecule has 2 atom stereocenters. The summed E-state index contributed by atoms with van der Waals surface area (Å²) in [7, 11) is -1.82. The molecular formula is C29H40FN3O4S. The number of hydrogen-bond acceptors (Lipinski definition) is 4. The molecule has 0 unspecified atom stereocenters. The van der Waals surface area contributed by atoms with Crippen LogP contribution in [0, 0.1) is 24.6 Å². The molecule has 2 N–H and O–H groups in total. The second-order valence-electron chi connectivity index (χ2n) is 10.4. The fraction of sp³-hybridized carbons (Fsp3) is 0.483. The quantitative estimate of drug-likeness (QED) is 0.367. The average molecular weight is 546 g/mol. The number of nitrogens with one attached hydrogen (secondary N) is 2. The Morgan fingerprint density at radius 3 is 2.21 bits per heavy atom. The van der Waals surface area contributed by atoms with Gasteiger partial charge in [0.15, 0.2) is 0 Å². The van der Waals surface area contributed by atoms with E-state index in [0.717, 1.165) is 12.0 Å². The number of nitrogens with zero attached hydrogens (tertiary/aromatic N) is 1. The Balaban J connectivity index is 2.20. The topological polar surface area (TPSA) is 95.6 Å². The second kappa shape index (κ2) is 15.4. The van der Waals surface area contributed by atoms with Crippen LogP contribution in [0.25, 0.3) is 0 Å². The number of carbonyl (C=O) groups is 3. The third kappa shape index (κ3) is 10.7. The van der Waals surface area contributed by atoms with Crippen molar-refractivity contribution in [2.75, 3.05) is 23.4 Å². The Hall–Kier alpha value is -3.07. The van der Waals surface area contributed by atoms with Crippen LogP contribution >= 0.6 is 0 Å². The normalized spacial score (nSPS) is 12.7. The third-order valence-corrected chi connectivity index (χ3v) is 7.08. The minimum absolute atomic E-state index is 0.0672. The number of halogens is 1. The minimum Gasteiger partial charge on any atom is -0.354 e.